The lowest BCUT2D eigenvalue weighted by atomic mass is 10.0. The highest BCUT2D eigenvalue weighted by atomic mass is 16.5. The Bertz CT molecular complexity index is 936. The van der Waals surface area contributed by atoms with Gasteiger partial charge in [-0.3, -0.25) is 0 Å². The lowest BCUT2D eigenvalue weighted by molar-refractivity contribution is 0.415. The van der Waals surface area contributed by atoms with Crippen molar-refractivity contribution in [3.8, 4) is 28.2 Å². The number of allylic oxidation sites excluding steroid dienone is 4. The second-order valence-electron chi connectivity index (χ2n) is 5.73. The third kappa shape index (κ3) is 3.81. The van der Waals surface area contributed by atoms with Crippen molar-refractivity contribution in [3.63, 3.8) is 0 Å². The van der Waals surface area contributed by atoms with Crippen LogP contribution in [0, 0.1) is 0 Å². The van der Waals surface area contributed by atoms with Crippen molar-refractivity contribution in [1.29, 1.82) is 0 Å². The third-order valence-electron chi connectivity index (χ3n) is 4.08. The molecule has 0 saturated heterocycles. The monoisotopic (exact) mass is 341 g/mol. The molecule has 0 fully saturated rings. The van der Waals surface area contributed by atoms with Crippen LogP contribution in [0.3, 0.4) is 0 Å². The van der Waals surface area contributed by atoms with Gasteiger partial charge in [0.2, 0.25) is 0 Å². The molecule has 3 aromatic rings. The summed E-state index contributed by atoms with van der Waals surface area (Å²) in [6.07, 6.45) is 5.39. The van der Waals surface area contributed by atoms with E-state index >= 15 is 0 Å². The Morgan fingerprint density at radius 3 is 2.23 bits per heavy atom. The predicted octanol–water partition coefficient (Wildman–Crippen LogP) is 6.66. The number of rotatable bonds is 6. The highest BCUT2D eigenvalue weighted by molar-refractivity contribution is 5.78. The highest BCUT2D eigenvalue weighted by Gasteiger charge is 2.20. The molecule has 0 bridgehead atoms. The van der Waals surface area contributed by atoms with Crippen LogP contribution in [0.2, 0.25) is 0 Å². The molecule has 0 unspecified atom stereocenters. The number of ether oxygens (including phenoxy) is 1. The van der Waals surface area contributed by atoms with Crippen LogP contribution in [-0.4, -0.2) is 7.11 Å². The van der Waals surface area contributed by atoms with Gasteiger partial charge in [-0.25, -0.2) is 4.42 Å². The van der Waals surface area contributed by atoms with Crippen LogP contribution in [0.15, 0.2) is 103 Å². The second kappa shape index (κ2) is 8.13. The molecule has 0 spiro atoms. The van der Waals surface area contributed by atoms with Crippen molar-refractivity contribution < 1.29 is 9.15 Å². The zero-order valence-corrected chi connectivity index (χ0v) is 14.8. The first-order valence-electron chi connectivity index (χ1n) is 8.38. The fraction of sp³-hybridized carbons (Fsp3) is 0.0417. The number of methoxy groups -OCH3 is 1. The molecule has 2 aromatic carbocycles. The van der Waals surface area contributed by atoms with E-state index in [1.54, 1.807) is 19.3 Å². The summed E-state index contributed by atoms with van der Waals surface area (Å²) in [6, 6.07) is 22.1. The smallest absolute Gasteiger partial charge is 0.361 e. The first kappa shape index (κ1) is 17.4. The molecule has 2 nitrogen and oxygen atoms in total. The van der Waals surface area contributed by atoms with Gasteiger partial charge >= 0.3 is 11.5 Å². The minimum Gasteiger partial charge on any atom is -0.497 e. The van der Waals surface area contributed by atoms with Gasteiger partial charge < -0.3 is 4.74 Å². The minimum atomic E-state index is 0.743. The van der Waals surface area contributed by atoms with Gasteiger partial charge in [0, 0.05) is 5.56 Å². The zero-order chi connectivity index (χ0) is 18.4. The summed E-state index contributed by atoms with van der Waals surface area (Å²) < 4.78 is 11.4. The Morgan fingerprint density at radius 2 is 1.62 bits per heavy atom. The fourth-order valence-electron chi connectivity index (χ4n) is 2.72. The zero-order valence-electron chi connectivity index (χ0n) is 14.8. The van der Waals surface area contributed by atoms with E-state index in [4.69, 9.17) is 9.15 Å². The van der Waals surface area contributed by atoms with Crippen molar-refractivity contribution in [2.75, 3.05) is 7.11 Å². The molecule has 0 radical (unpaired) electrons. The van der Waals surface area contributed by atoms with Gasteiger partial charge in [-0.15, -0.1) is 0 Å². The molecule has 0 aliphatic rings. The van der Waals surface area contributed by atoms with Gasteiger partial charge in [0.1, 0.15) is 5.75 Å². The Hall–Kier alpha value is -3.39. The molecule has 2 heteroatoms. The van der Waals surface area contributed by atoms with Crippen molar-refractivity contribution in [2.45, 2.75) is 0 Å². The summed E-state index contributed by atoms with van der Waals surface area (Å²) in [5, 5.41) is 0. The summed E-state index contributed by atoms with van der Waals surface area (Å²) in [6.45, 7) is 7.67. The number of benzene rings is 2. The SMILES string of the molecule is C=C/C=C(\C=C)c1cc(-c2ccc(OC)cc2)cc(-c2ccccc2)[o+]1. The Kier molecular flexibility index (Phi) is 5.45. The first-order chi connectivity index (χ1) is 12.7. The topological polar surface area (TPSA) is 20.5 Å². The maximum absolute atomic E-state index is 6.16. The molecule has 0 amide bonds. The molecule has 26 heavy (non-hydrogen) atoms. The summed E-state index contributed by atoms with van der Waals surface area (Å²) in [7, 11) is 1.67. The van der Waals surface area contributed by atoms with E-state index in [1.165, 1.54) is 0 Å². The molecule has 0 aliphatic heterocycles. The lowest BCUT2D eigenvalue weighted by Crippen LogP contribution is -1.88. The largest absolute Gasteiger partial charge is 0.497 e. The van der Waals surface area contributed by atoms with Gasteiger partial charge in [-0.2, -0.15) is 0 Å². The average Bonchev–Trinajstić information content (AvgIpc) is 2.72. The van der Waals surface area contributed by atoms with Crippen LogP contribution < -0.4 is 4.74 Å². The van der Waals surface area contributed by atoms with Crippen molar-refractivity contribution in [1.82, 2.24) is 0 Å². The van der Waals surface area contributed by atoms with E-state index in [0.717, 1.165) is 39.5 Å². The predicted molar refractivity (Wildman–Crippen MR) is 109 cm³/mol. The van der Waals surface area contributed by atoms with Gasteiger partial charge in [-0.05, 0) is 35.9 Å². The van der Waals surface area contributed by atoms with Crippen molar-refractivity contribution >= 4 is 5.57 Å². The minimum absolute atomic E-state index is 0.743. The summed E-state index contributed by atoms with van der Waals surface area (Å²) in [5.74, 6) is 2.37. The molecule has 0 aliphatic carbocycles. The third-order valence-corrected chi connectivity index (χ3v) is 4.08. The summed E-state index contributed by atoms with van der Waals surface area (Å²) in [4.78, 5) is 0. The second-order valence-corrected chi connectivity index (χ2v) is 5.73. The van der Waals surface area contributed by atoms with E-state index in [2.05, 4.69) is 19.2 Å². The van der Waals surface area contributed by atoms with Gasteiger partial charge in [-0.1, -0.05) is 55.6 Å². The lowest BCUT2D eigenvalue weighted by Gasteiger charge is -2.04. The van der Waals surface area contributed by atoms with Gasteiger partial charge in [0.25, 0.3) is 0 Å². The van der Waals surface area contributed by atoms with Crippen LogP contribution in [0.5, 0.6) is 5.75 Å². The van der Waals surface area contributed by atoms with Crippen LogP contribution in [0.25, 0.3) is 28.0 Å². The molecule has 0 saturated carbocycles. The van der Waals surface area contributed by atoms with E-state index in [-0.39, 0.29) is 0 Å². The van der Waals surface area contributed by atoms with Crippen LogP contribution in [-0.2, 0) is 0 Å². The van der Waals surface area contributed by atoms with E-state index in [9.17, 15) is 0 Å². The molecular formula is C24H21O2+. The Labute approximate surface area is 154 Å². The molecular weight excluding hydrogens is 320 g/mol. The first-order valence-corrected chi connectivity index (χ1v) is 8.38. The van der Waals surface area contributed by atoms with Crippen LogP contribution >= 0.6 is 0 Å². The molecule has 0 N–H and O–H groups in total. The molecule has 1 aromatic heterocycles. The fourth-order valence-corrected chi connectivity index (χ4v) is 2.72. The number of hydrogen-bond donors (Lipinski definition) is 0. The molecule has 1 heterocycles. The maximum Gasteiger partial charge on any atom is 0.361 e. The van der Waals surface area contributed by atoms with Crippen LogP contribution in [0.1, 0.15) is 5.76 Å². The van der Waals surface area contributed by atoms with Crippen molar-refractivity contribution in [3.05, 3.63) is 104 Å². The normalized spacial score (nSPS) is 11.0. The average molecular weight is 341 g/mol. The van der Waals surface area contributed by atoms with Gasteiger partial charge in [0.15, 0.2) is 0 Å². The molecule has 0 atom stereocenters. The van der Waals surface area contributed by atoms with Crippen molar-refractivity contribution in [2.24, 2.45) is 0 Å². The number of hydrogen-bond acceptors (Lipinski definition) is 1. The molecule has 3 rings (SSSR count). The summed E-state index contributed by atoms with van der Waals surface area (Å²) >= 11 is 0. The quantitative estimate of drug-likeness (QED) is 0.369. The Morgan fingerprint density at radius 1 is 0.885 bits per heavy atom. The van der Waals surface area contributed by atoms with Crippen LogP contribution in [0.4, 0.5) is 0 Å². The standard InChI is InChI=1S/C24H21O2/c1-4-9-18(5-2)23-16-21(19-12-14-22(25-3)15-13-19)17-24(26-23)20-10-7-6-8-11-20/h4-17H,1-2H2,3H3/q+1/b18-9+. The van der Waals surface area contributed by atoms with E-state index < -0.39 is 0 Å². The highest BCUT2D eigenvalue weighted by Crippen LogP contribution is 2.32. The van der Waals surface area contributed by atoms with Gasteiger partial charge in [0.05, 0.1) is 30.4 Å². The Balaban J connectivity index is 2.18. The van der Waals surface area contributed by atoms with E-state index in [1.807, 2.05) is 66.7 Å². The van der Waals surface area contributed by atoms with E-state index in [0.29, 0.717) is 0 Å². The molecule has 128 valence electrons. The summed E-state index contributed by atoms with van der Waals surface area (Å²) in [5.41, 5.74) is 4.05. The maximum atomic E-state index is 6.16.